The minimum atomic E-state index is -1.00. The lowest BCUT2D eigenvalue weighted by Gasteiger charge is -2.36. The molecule has 2 heterocycles. The minimum Gasteiger partial charge on any atom is -0.506 e. The Morgan fingerprint density at radius 3 is 2.48 bits per heavy atom. The number of aryl methyl sites for hydroxylation is 1. The predicted molar refractivity (Wildman–Crippen MR) is 214 cm³/mol. The summed E-state index contributed by atoms with van der Waals surface area (Å²) >= 11 is 0. The lowest BCUT2D eigenvalue weighted by atomic mass is 9.99. The molecule has 1 aliphatic rings. The van der Waals surface area contributed by atoms with Crippen molar-refractivity contribution >= 4 is 34.3 Å². The van der Waals surface area contributed by atoms with Crippen LogP contribution in [0, 0.1) is 5.82 Å². The van der Waals surface area contributed by atoms with Gasteiger partial charge in [0.25, 0.3) is 0 Å². The number of aromatic hydroxyl groups is 1. The number of hydrogen-bond acceptors (Lipinski definition) is 8. The van der Waals surface area contributed by atoms with E-state index < -0.39 is 18.0 Å². The van der Waals surface area contributed by atoms with Crippen molar-refractivity contribution in [3.63, 3.8) is 0 Å². The molecular weight excluding hydrogens is 717 g/mol. The molecule has 0 saturated carbocycles. The van der Waals surface area contributed by atoms with E-state index in [2.05, 4.69) is 35.0 Å². The Morgan fingerprint density at radius 1 is 0.964 bits per heavy atom. The molecule has 0 bridgehead atoms. The number of hydrogen-bond donors (Lipinski definition) is 6. The number of fused-ring (bicyclic) bond motifs is 1. The zero-order valence-electron chi connectivity index (χ0n) is 31.9. The molecule has 12 nitrogen and oxygen atoms in total. The number of amides is 2. The van der Waals surface area contributed by atoms with Gasteiger partial charge in [0.2, 0.25) is 11.5 Å². The molecule has 1 aromatic heterocycles. The summed E-state index contributed by atoms with van der Waals surface area (Å²) in [6.45, 7) is 2.12. The number of likely N-dealkylation sites (tertiary alicyclic amines) is 1. The number of anilines is 2. The average Bonchev–Trinajstić information content (AvgIpc) is 3.17. The molecule has 0 aliphatic carbocycles. The van der Waals surface area contributed by atoms with E-state index in [1.165, 1.54) is 37.4 Å². The molecule has 56 heavy (non-hydrogen) atoms. The number of quaternary nitrogens is 1. The number of nitrogens with one attached hydrogen (secondary N) is 4. The summed E-state index contributed by atoms with van der Waals surface area (Å²) in [6, 6.07) is 24.1. The highest BCUT2D eigenvalue weighted by Crippen LogP contribution is 2.32. The van der Waals surface area contributed by atoms with Crippen LogP contribution in [0.5, 0.6) is 11.5 Å². The third-order valence-electron chi connectivity index (χ3n) is 10.2. The number of pyridine rings is 1. The van der Waals surface area contributed by atoms with E-state index in [1.807, 2.05) is 48.5 Å². The molecule has 0 unspecified atom stereocenters. The fourth-order valence-corrected chi connectivity index (χ4v) is 7.06. The van der Waals surface area contributed by atoms with Gasteiger partial charge in [0.1, 0.15) is 23.4 Å². The second-order valence-electron chi connectivity index (χ2n) is 14.8. The second kappa shape index (κ2) is 17.8. The first-order valence-corrected chi connectivity index (χ1v) is 18.8. The van der Waals surface area contributed by atoms with E-state index in [-0.39, 0.29) is 54.0 Å². The molecule has 6 rings (SSSR count). The van der Waals surface area contributed by atoms with E-state index in [4.69, 9.17) is 9.47 Å². The third-order valence-corrected chi connectivity index (χ3v) is 10.2. The maximum Gasteiger partial charge on any atom is 0.411 e. The molecule has 4 aromatic carbocycles. The molecular formula is C43H49FN5O7+. The van der Waals surface area contributed by atoms with Gasteiger partial charge >= 0.3 is 6.09 Å². The number of phenols is 1. The molecule has 1 saturated heterocycles. The Morgan fingerprint density at radius 2 is 1.73 bits per heavy atom. The predicted octanol–water partition coefficient (Wildman–Crippen LogP) is 6.62. The molecule has 1 fully saturated rings. The van der Waals surface area contributed by atoms with Crippen LogP contribution in [0.1, 0.15) is 48.5 Å². The number of rotatable bonds is 14. The van der Waals surface area contributed by atoms with E-state index in [9.17, 15) is 24.6 Å². The van der Waals surface area contributed by atoms with Crippen LogP contribution in [0.15, 0.2) is 89.7 Å². The summed E-state index contributed by atoms with van der Waals surface area (Å²) in [5.41, 5.74) is 4.16. The van der Waals surface area contributed by atoms with Gasteiger partial charge < -0.3 is 39.8 Å². The Kier molecular flexibility index (Phi) is 12.7. The monoisotopic (exact) mass is 766 g/mol. The van der Waals surface area contributed by atoms with Crippen molar-refractivity contribution in [3.05, 3.63) is 118 Å². The van der Waals surface area contributed by atoms with Crippen molar-refractivity contribution in [2.45, 2.75) is 50.9 Å². The van der Waals surface area contributed by atoms with E-state index in [0.717, 1.165) is 47.1 Å². The smallest absolute Gasteiger partial charge is 0.411 e. The van der Waals surface area contributed by atoms with E-state index in [1.54, 1.807) is 6.07 Å². The average molecular weight is 767 g/mol. The summed E-state index contributed by atoms with van der Waals surface area (Å²) in [7, 11) is 5.80. The number of halogens is 1. The van der Waals surface area contributed by atoms with Crippen molar-refractivity contribution in [3.8, 4) is 22.6 Å². The summed E-state index contributed by atoms with van der Waals surface area (Å²) in [5, 5.41) is 30.3. The fourth-order valence-electron chi connectivity index (χ4n) is 7.06. The fraction of sp³-hybridized carbons (Fsp3) is 0.326. The SMILES string of the molecule is COc1cc(NC(=O)CCCc2ccc(-c3ccccc3)c(NC(=O)OC3CC[N+](C)(C)CC3)c2)c(F)cc1CNC[C@H](O)c1ccc(O)c2[nH]c(=O)ccc12. The summed E-state index contributed by atoms with van der Waals surface area (Å²) in [6.07, 6.45) is 1.15. The van der Waals surface area contributed by atoms with Crippen LogP contribution < -0.4 is 26.2 Å². The maximum atomic E-state index is 15.3. The molecule has 0 spiro atoms. The quantitative estimate of drug-likeness (QED) is 0.0688. The lowest BCUT2D eigenvalue weighted by molar-refractivity contribution is -0.896. The number of aliphatic hydroxyl groups excluding tert-OH is 1. The van der Waals surface area contributed by atoms with E-state index >= 15 is 4.39 Å². The number of carbonyl (C=O) groups is 2. The molecule has 1 aliphatic heterocycles. The Bertz CT molecular complexity index is 2230. The highest BCUT2D eigenvalue weighted by atomic mass is 19.1. The summed E-state index contributed by atoms with van der Waals surface area (Å²) in [5.74, 6) is -0.761. The van der Waals surface area contributed by atoms with Gasteiger partial charge in [-0.1, -0.05) is 48.5 Å². The number of H-pyrrole nitrogens is 1. The molecule has 5 aromatic rings. The Hall–Kier alpha value is -5.76. The van der Waals surface area contributed by atoms with Crippen molar-refractivity contribution < 1.29 is 38.1 Å². The van der Waals surface area contributed by atoms with Crippen LogP contribution in [-0.4, -0.2) is 78.6 Å². The summed E-state index contributed by atoms with van der Waals surface area (Å²) in [4.78, 5) is 40.3. The Labute approximate surface area is 324 Å². The maximum absolute atomic E-state index is 15.3. The van der Waals surface area contributed by atoms with Crippen LogP contribution in [0.4, 0.5) is 20.6 Å². The molecule has 294 valence electrons. The van der Waals surface area contributed by atoms with Crippen molar-refractivity contribution in [2.75, 3.05) is 51.5 Å². The van der Waals surface area contributed by atoms with Crippen molar-refractivity contribution in [2.24, 2.45) is 0 Å². The van der Waals surface area contributed by atoms with E-state index in [0.29, 0.717) is 40.8 Å². The first kappa shape index (κ1) is 39.9. The molecule has 2 amide bonds. The largest absolute Gasteiger partial charge is 0.506 e. The third kappa shape index (κ3) is 10.1. The van der Waals surface area contributed by atoms with Crippen LogP contribution in [0.2, 0.25) is 0 Å². The summed E-state index contributed by atoms with van der Waals surface area (Å²) < 4.78 is 27.5. The number of ether oxygens (including phenoxy) is 2. The van der Waals surface area contributed by atoms with Gasteiger partial charge in [-0.05, 0) is 53.8 Å². The van der Waals surface area contributed by atoms with Crippen LogP contribution >= 0.6 is 0 Å². The number of aromatic amines is 1. The van der Waals surface area contributed by atoms with Crippen LogP contribution in [-0.2, 0) is 22.5 Å². The first-order valence-electron chi connectivity index (χ1n) is 18.8. The highest BCUT2D eigenvalue weighted by Gasteiger charge is 2.28. The van der Waals surface area contributed by atoms with Crippen molar-refractivity contribution in [1.82, 2.24) is 10.3 Å². The number of methoxy groups -OCH3 is 1. The zero-order chi connectivity index (χ0) is 39.8. The second-order valence-corrected chi connectivity index (χ2v) is 14.8. The van der Waals surface area contributed by atoms with Gasteiger partial charge in [-0.15, -0.1) is 0 Å². The lowest BCUT2D eigenvalue weighted by Crippen LogP contribution is -2.48. The zero-order valence-corrected chi connectivity index (χ0v) is 31.9. The molecule has 1 atom stereocenters. The number of piperidine rings is 1. The standard InChI is InChI=1S/C43H48FN5O7/c1-49(2)20-18-30(19-21-49)56-43(54)47-35-22-27(12-13-31(35)28-9-5-4-6-10-28)8-7-11-40(52)46-36-24-39(55-3)29(23-34(36)44)25-45-26-38(51)32-14-16-37(50)42-33(32)15-17-41(53)48-42/h4-6,9-10,12-17,22-24,30,38,45,51H,7-8,11,18-21,25-26H2,1-3H3,(H3-,46,47,48,50,52,53,54)/p+1/t38-/m0/s1. The normalized spacial score (nSPS) is 14.6. The number of aromatic nitrogens is 1. The van der Waals surface area contributed by atoms with Gasteiger partial charge in [0.05, 0.1) is 57.3 Å². The van der Waals surface area contributed by atoms with Crippen LogP contribution in [0.25, 0.3) is 22.0 Å². The van der Waals surface area contributed by atoms with Crippen LogP contribution in [0.3, 0.4) is 0 Å². The van der Waals surface area contributed by atoms with Crippen molar-refractivity contribution in [1.29, 1.82) is 0 Å². The van der Waals surface area contributed by atoms with Gasteiger partial charge in [0.15, 0.2) is 0 Å². The minimum absolute atomic E-state index is 0.0159. The molecule has 13 heteroatoms. The first-order chi connectivity index (χ1) is 26.9. The number of phenolic OH excluding ortho intramolecular Hbond substituents is 1. The topological polar surface area (TPSA) is 162 Å². The number of nitrogens with zero attached hydrogens (tertiary/aromatic N) is 1. The number of aliphatic hydroxyl groups is 1. The van der Waals surface area contributed by atoms with Gasteiger partial charge in [0, 0.05) is 61.0 Å². The molecule has 0 radical (unpaired) electrons. The highest BCUT2D eigenvalue weighted by molar-refractivity contribution is 5.92. The Balaban J connectivity index is 1.03. The van der Waals surface area contributed by atoms with Gasteiger partial charge in [-0.25, -0.2) is 9.18 Å². The molecule has 6 N–H and O–H groups in total. The van der Waals surface area contributed by atoms with Gasteiger partial charge in [-0.3, -0.25) is 14.9 Å². The number of carbonyl (C=O) groups excluding carboxylic acids is 2. The number of benzene rings is 4. The van der Waals surface area contributed by atoms with Gasteiger partial charge in [-0.2, -0.15) is 0 Å².